The van der Waals surface area contributed by atoms with Crippen LogP contribution < -0.4 is 5.73 Å². The van der Waals surface area contributed by atoms with E-state index in [0.717, 1.165) is 28.8 Å². The van der Waals surface area contributed by atoms with Gasteiger partial charge in [-0.25, -0.2) is 0 Å². The Hall–Kier alpha value is -2.10. The summed E-state index contributed by atoms with van der Waals surface area (Å²) in [7, 11) is 1.75. The highest BCUT2D eigenvalue weighted by Gasteiger charge is 2.21. The van der Waals surface area contributed by atoms with Crippen molar-refractivity contribution in [3.63, 3.8) is 0 Å². The van der Waals surface area contributed by atoms with Gasteiger partial charge in [0.15, 0.2) is 0 Å². The molecule has 1 amide bonds. The number of nitrogens with two attached hydrogens (primary N) is 1. The van der Waals surface area contributed by atoms with Gasteiger partial charge in [0.2, 0.25) is 0 Å². The Bertz CT molecular complexity index is 599. The highest BCUT2D eigenvalue weighted by Crippen LogP contribution is 2.30. The monoisotopic (exact) mass is 243 g/mol. The van der Waals surface area contributed by atoms with Gasteiger partial charge in [0.05, 0.1) is 5.69 Å². The zero-order chi connectivity index (χ0) is 13.3. The van der Waals surface area contributed by atoms with Gasteiger partial charge in [-0.3, -0.25) is 9.48 Å². The molecule has 0 bridgehead atoms. The molecule has 0 atom stereocenters. The summed E-state index contributed by atoms with van der Waals surface area (Å²) in [5, 5.41) is 4.38. The van der Waals surface area contributed by atoms with E-state index in [-0.39, 0.29) is 0 Å². The van der Waals surface area contributed by atoms with Crippen LogP contribution in [0.1, 0.15) is 28.7 Å². The van der Waals surface area contributed by atoms with Crippen LogP contribution in [0.4, 0.5) is 0 Å². The maximum absolute atomic E-state index is 11.6. The van der Waals surface area contributed by atoms with E-state index >= 15 is 0 Å². The number of amides is 1. The summed E-state index contributed by atoms with van der Waals surface area (Å²) in [6.45, 7) is 4.04. The Morgan fingerprint density at radius 1 is 1.39 bits per heavy atom. The lowest BCUT2D eigenvalue weighted by Crippen LogP contribution is -2.16. The number of nitrogens with zero attached hydrogens (tertiary/aromatic N) is 2. The number of aromatic nitrogens is 2. The van der Waals surface area contributed by atoms with Gasteiger partial charge < -0.3 is 5.73 Å². The molecule has 0 aliphatic heterocycles. The molecule has 0 saturated carbocycles. The number of carbonyl (C=O) groups excluding carboxylic acids is 1. The highest BCUT2D eigenvalue weighted by molar-refractivity contribution is 5.99. The van der Waals surface area contributed by atoms with E-state index in [2.05, 4.69) is 5.10 Å². The first-order valence-electron chi connectivity index (χ1n) is 5.98. The molecule has 0 spiro atoms. The maximum atomic E-state index is 11.6. The third-order valence-electron chi connectivity index (χ3n) is 3.10. The lowest BCUT2D eigenvalue weighted by atomic mass is 9.97. The quantitative estimate of drug-likeness (QED) is 0.896. The van der Waals surface area contributed by atoms with Gasteiger partial charge in [-0.2, -0.15) is 5.10 Å². The van der Waals surface area contributed by atoms with Crippen molar-refractivity contribution in [3.8, 4) is 11.1 Å². The molecule has 2 aromatic rings. The smallest absolute Gasteiger partial charge is 0.267 e. The summed E-state index contributed by atoms with van der Waals surface area (Å²) in [6.07, 6.45) is 0.769. The highest BCUT2D eigenvalue weighted by atomic mass is 16.1. The van der Waals surface area contributed by atoms with E-state index < -0.39 is 5.91 Å². The van der Waals surface area contributed by atoms with E-state index in [0.29, 0.717) is 5.69 Å². The van der Waals surface area contributed by atoms with Crippen LogP contribution in [0.15, 0.2) is 24.3 Å². The van der Waals surface area contributed by atoms with Gasteiger partial charge in [0.25, 0.3) is 5.91 Å². The summed E-state index contributed by atoms with van der Waals surface area (Å²) in [6, 6.07) is 7.95. The molecule has 2 rings (SSSR count). The first-order valence-corrected chi connectivity index (χ1v) is 5.98. The van der Waals surface area contributed by atoms with Crippen molar-refractivity contribution >= 4 is 5.91 Å². The molecule has 18 heavy (non-hydrogen) atoms. The fourth-order valence-electron chi connectivity index (χ4n) is 2.25. The summed E-state index contributed by atoms with van der Waals surface area (Å²) >= 11 is 0. The average Bonchev–Trinajstić information content (AvgIpc) is 2.66. The number of aryl methyl sites for hydroxylation is 3. The van der Waals surface area contributed by atoms with Crippen molar-refractivity contribution in [1.82, 2.24) is 9.78 Å². The lowest BCUT2D eigenvalue weighted by Gasteiger charge is -2.07. The van der Waals surface area contributed by atoms with Crippen LogP contribution in [0.3, 0.4) is 0 Å². The fourth-order valence-corrected chi connectivity index (χ4v) is 2.25. The van der Waals surface area contributed by atoms with Crippen LogP contribution in [0.2, 0.25) is 0 Å². The van der Waals surface area contributed by atoms with Crippen molar-refractivity contribution in [2.24, 2.45) is 12.8 Å². The van der Waals surface area contributed by atoms with E-state index in [9.17, 15) is 4.79 Å². The third-order valence-corrected chi connectivity index (χ3v) is 3.10. The Balaban J connectivity index is 2.77. The van der Waals surface area contributed by atoms with Gasteiger partial charge in [-0.05, 0) is 24.5 Å². The molecule has 0 fully saturated rings. The predicted octanol–water partition coefficient (Wildman–Crippen LogP) is 2.06. The minimum absolute atomic E-state index is 0.442. The second kappa shape index (κ2) is 4.64. The van der Waals surface area contributed by atoms with Gasteiger partial charge >= 0.3 is 0 Å². The number of carbonyl (C=O) groups is 1. The van der Waals surface area contributed by atoms with Gasteiger partial charge in [-0.15, -0.1) is 0 Å². The van der Waals surface area contributed by atoms with Crippen molar-refractivity contribution in [1.29, 1.82) is 0 Å². The molecule has 2 N–H and O–H groups in total. The summed E-state index contributed by atoms with van der Waals surface area (Å²) < 4.78 is 1.57. The molecule has 4 nitrogen and oxygen atoms in total. The van der Waals surface area contributed by atoms with E-state index in [1.54, 1.807) is 11.7 Å². The van der Waals surface area contributed by atoms with E-state index in [4.69, 9.17) is 5.73 Å². The normalized spacial score (nSPS) is 10.6. The van der Waals surface area contributed by atoms with E-state index in [1.165, 1.54) is 0 Å². The first kappa shape index (κ1) is 12.4. The number of primary amides is 1. The Labute approximate surface area is 106 Å². The van der Waals surface area contributed by atoms with Crippen LogP contribution in [-0.2, 0) is 13.5 Å². The molecule has 0 aliphatic rings. The lowest BCUT2D eigenvalue weighted by molar-refractivity contribution is 0.0992. The van der Waals surface area contributed by atoms with Crippen LogP contribution in [-0.4, -0.2) is 15.7 Å². The number of rotatable bonds is 3. The van der Waals surface area contributed by atoms with Crippen molar-refractivity contribution in [2.45, 2.75) is 20.3 Å². The molecular weight excluding hydrogens is 226 g/mol. The van der Waals surface area contributed by atoms with Crippen LogP contribution in [0.5, 0.6) is 0 Å². The van der Waals surface area contributed by atoms with Gasteiger partial charge in [0, 0.05) is 12.6 Å². The number of hydrogen-bond donors (Lipinski definition) is 1. The van der Waals surface area contributed by atoms with Crippen molar-refractivity contribution in [3.05, 3.63) is 41.2 Å². The number of hydrogen-bond acceptors (Lipinski definition) is 2. The second-order valence-electron chi connectivity index (χ2n) is 4.33. The Kier molecular flexibility index (Phi) is 3.19. The SMILES string of the molecule is CCc1nn(C)c(C(N)=O)c1-c1ccccc1C. The molecule has 1 aromatic carbocycles. The second-order valence-corrected chi connectivity index (χ2v) is 4.33. The number of benzene rings is 1. The van der Waals surface area contributed by atoms with Crippen LogP contribution in [0, 0.1) is 6.92 Å². The molecular formula is C14H17N3O. The molecule has 4 heteroatoms. The molecule has 0 radical (unpaired) electrons. The predicted molar refractivity (Wildman–Crippen MR) is 71.3 cm³/mol. The molecule has 1 heterocycles. The van der Waals surface area contributed by atoms with Crippen LogP contribution >= 0.6 is 0 Å². The fraction of sp³-hybridized carbons (Fsp3) is 0.286. The standard InChI is InChI=1S/C14H17N3O/c1-4-11-12(10-8-6-5-7-9(10)2)13(14(15)18)17(3)16-11/h5-8H,4H2,1-3H3,(H2,15,18). The summed E-state index contributed by atoms with van der Waals surface area (Å²) in [4.78, 5) is 11.6. The largest absolute Gasteiger partial charge is 0.364 e. The summed E-state index contributed by atoms with van der Waals surface area (Å²) in [5.74, 6) is -0.442. The van der Waals surface area contributed by atoms with Crippen molar-refractivity contribution < 1.29 is 4.79 Å². The average molecular weight is 243 g/mol. The molecule has 0 unspecified atom stereocenters. The third kappa shape index (κ3) is 1.90. The Morgan fingerprint density at radius 2 is 2.06 bits per heavy atom. The molecule has 1 aromatic heterocycles. The first-order chi connectivity index (χ1) is 8.56. The summed E-state index contributed by atoms with van der Waals surface area (Å²) in [5.41, 5.74) is 9.85. The molecule has 0 saturated heterocycles. The molecule has 94 valence electrons. The van der Waals surface area contributed by atoms with Crippen molar-refractivity contribution in [2.75, 3.05) is 0 Å². The van der Waals surface area contributed by atoms with Gasteiger partial charge in [-0.1, -0.05) is 31.2 Å². The minimum atomic E-state index is -0.442. The Morgan fingerprint density at radius 3 is 2.61 bits per heavy atom. The molecule has 0 aliphatic carbocycles. The zero-order valence-corrected chi connectivity index (χ0v) is 10.9. The maximum Gasteiger partial charge on any atom is 0.267 e. The zero-order valence-electron chi connectivity index (χ0n) is 10.9. The minimum Gasteiger partial charge on any atom is -0.364 e. The topological polar surface area (TPSA) is 60.9 Å². The van der Waals surface area contributed by atoms with Gasteiger partial charge in [0.1, 0.15) is 5.69 Å². The van der Waals surface area contributed by atoms with Crippen LogP contribution in [0.25, 0.3) is 11.1 Å². The van der Waals surface area contributed by atoms with E-state index in [1.807, 2.05) is 38.1 Å².